The average Bonchev–Trinajstić information content (AvgIpc) is 2.45. The maximum atomic E-state index is 13.7. The largest absolute Gasteiger partial charge is 0.445 e. The number of rotatable bonds is 3. The molecule has 1 aromatic rings. The molecule has 0 aliphatic carbocycles. The highest BCUT2D eigenvalue weighted by molar-refractivity contribution is 5.85. The molecule has 1 aliphatic rings. The minimum atomic E-state index is -1.05. The lowest BCUT2D eigenvalue weighted by atomic mass is 9.95. The average molecular weight is 303 g/mol. The van der Waals surface area contributed by atoms with Crippen molar-refractivity contribution in [3.05, 3.63) is 35.9 Å². The molecule has 20 heavy (non-hydrogen) atoms. The van der Waals surface area contributed by atoms with E-state index in [0.29, 0.717) is 19.5 Å². The number of hydrogen-bond donors (Lipinski definition) is 1. The molecule has 1 heterocycles. The number of alkyl halides is 1. The number of benzene rings is 1. The molecule has 0 saturated carbocycles. The Balaban J connectivity index is 0.00000200. The molecule has 0 aromatic heterocycles. The first-order valence-electron chi connectivity index (χ1n) is 6.50. The number of halogens is 2. The standard InChI is InChI=1S/C14H19FN2O2.ClH/c15-13-9-17(7-6-12(13)8-16)14(18)19-10-11-4-2-1-3-5-11;/h1-5,12-13H,6-10,16H2;1H. The number of nitrogens with zero attached hydrogens (tertiary/aromatic N) is 1. The molecule has 0 radical (unpaired) electrons. The van der Waals surface area contributed by atoms with Crippen molar-refractivity contribution >= 4 is 18.5 Å². The molecule has 2 N–H and O–H groups in total. The number of ether oxygens (including phenoxy) is 1. The molecule has 1 saturated heterocycles. The highest BCUT2D eigenvalue weighted by atomic mass is 35.5. The summed E-state index contributed by atoms with van der Waals surface area (Å²) in [5.41, 5.74) is 6.40. The van der Waals surface area contributed by atoms with Crippen molar-refractivity contribution in [2.24, 2.45) is 11.7 Å². The van der Waals surface area contributed by atoms with Crippen LogP contribution in [0.15, 0.2) is 30.3 Å². The Labute approximate surface area is 124 Å². The van der Waals surface area contributed by atoms with Crippen LogP contribution in [-0.2, 0) is 11.3 Å². The van der Waals surface area contributed by atoms with Gasteiger partial charge in [0, 0.05) is 12.5 Å². The highest BCUT2D eigenvalue weighted by Gasteiger charge is 2.31. The van der Waals surface area contributed by atoms with Crippen molar-refractivity contribution in [2.75, 3.05) is 19.6 Å². The lowest BCUT2D eigenvalue weighted by molar-refractivity contribution is 0.0536. The summed E-state index contributed by atoms with van der Waals surface area (Å²) in [6, 6.07) is 9.43. The number of amides is 1. The fourth-order valence-corrected chi connectivity index (χ4v) is 2.20. The summed E-state index contributed by atoms with van der Waals surface area (Å²) in [5, 5.41) is 0. The van der Waals surface area contributed by atoms with Crippen LogP contribution < -0.4 is 5.73 Å². The van der Waals surface area contributed by atoms with Crippen LogP contribution in [0, 0.1) is 5.92 Å². The quantitative estimate of drug-likeness (QED) is 0.932. The van der Waals surface area contributed by atoms with E-state index in [9.17, 15) is 9.18 Å². The van der Waals surface area contributed by atoms with E-state index in [1.54, 1.807) is 0 Å². The van der Waals surface area contributed by atoms with E-state index in [4.69, 9.17) is 10.5 Å². The number of nitrogens with two attached hydrogens (primary N) is 1. The van der Waals surface area contributed by atoms with Crippen LogP contribution in [0.3, 0.4) is 0 Å². The second-order valence-electron chi connectivity index (χ2n) is 4.79. The van der Waals surface area contributed by atoms with E-state index in [-0.39, 0.29) is 31.5 Å². The summed E-state index contributed by atoms with van der Waals surface area (Å²) >= 11 is 0. The summed E-state index contributed by atoms with van der Waals surface area (Å²) in [4.78, 5) is 13.2. The van der Waals surface area contributed by atoms with E-state index in [0.717, 1.165) is 5.56 Å². The fraction of sp³-hybridized carbons (Fsp3) is 0.500. The number of carbonyl (C=O) groups excluding carboxylic acids is 1. The predicted molar refractivity (Wildman–Crippen MR) is 77.5 cm³/mol. The Morgan fingerprint density at radius 2 is 2.10 bits per heavy atom. The molecule has 1 aliphatic heterocycles. The summed E-state index contributed by atoms with van der Waals surface area (Å²) in [6.07, 6.45) is -0.914. The smallest absolute Gasteiger partial charge is 0.410 e. The Bertz CT molecular complexity index is 419. The normalized spacial score (nSPS) is 22.0. The first-order valence-corrected chi connectivity index (χ1v) is 6.50. The van der Waals surface area contributed by atoms with E-state index < -0.39 is 12.3 Å². The summed E-state index contributed by atoms with van der Waals surface area (Å²) in [6.45, 7) is 1.13. The molecule has 2 unspecified atom stereocenters. The van der Waals surface area contributed by atoms with Crippen LogP contribution in [0.25, 0.3) is 0 Å². The Kier molecular flexibility index (Phi) is 6.75. The number of piperidine rings is 1. The third-order valence-electron chi connectivity index (χ3n) is 3.44. The second-order valence-corrected chi connectivity index (χ2v) is 4.79. The fourth-order valence-electron chi connectivity index (χ4n) is 2.20. The van der Waals surface area contributed by atoms with Crippen molar-refractivity contribution < 1.29 is 13.9 Å². The summed E-state index contributed by atoms with van der Waals surface area (Å²) in [5.74, 6) is -0.141. The third kappa shape index (κ3) is 4.35. The van der Waals surface area contributed by atoms with E-state index in [1.165, 1.54) is 4.90 Å². The van der Waals surface area contributed by atoms with Crippen LogP contribution in [0.5, 0.6) is 0 Å². The van der Waals surface area contributed by atoms with Crippen LogP contribution >= 0.6 is 12.4 Å². The predicted octanol–water partition coefficient (Wildman–Crippen LogP) is 2.36. The number of likely N-dealkylation sites (tertiary alicyclic amines) is 1. The first kappa shape index (κ1) is 16.7. The SMILES string of the molecule is Cl.NCC1CCN(C(=O)OCc2ccccc2)CC1F. The van der Waals surface area contributed by atoms with Gasteiger partial charge >= 0.3 is 6.09 Å². The van der Waals surface area contributed by atoms with Gasteiger partial charge in [-0.15, -0.1) is 12.4 Å². The Morgan fingerprint density at radius 3 is 2.70 bits per heavy atom. The van der Waals surface area contributed by atoms with Crippen molar-refractivity contribution in [2.45, 2.75) is 19.2 Å². The Hall–Kier alpha value is -1.33. The zero-order valence-electron chi connectivity index (χ0n) is 11.2. The topological polar surface area (TPSA) is 55.6 Å². The monoisotopic (exact) mass is 302 g/mol. The van der Waals surface area contributed by atoms with Gasteiger partial charge in [-0.05, 0) is 18.5 Å². The lowest BCUT2D eigenvalue weighted by Gasteiger charge is -2.33. The van der Waals surface area contributed by atoms with E-state index >= 15 is 0 Å². The molecular weight excluding hydrogens is 283 g/mol. The van der Waals surface area contributed by atoms with E-state index in [2.05, 4.69) is 0 Å². The van der Waals surface area contributed by atoms with Crippen molar-refractivity contribution in [3.63, 3.8) is 0 Å². The maximum Gasteiger partial charge on any atom is 0.410 e. The van der Waals surface area contributed by atoms with Gasteiger partial charge in [-0.2, -0.15) is 0 Å². The minimum Gasteiger partial charge on any atom is -0.445 e. The van der Waals surface area contributed by atoms with Crippen LogP contribution in [0.2, 0.25) is 0 Å². The van der Waals surface area contributed by atoms with Gasteiger partial charge in [0.1, 0.15) is 12.8 Å². The van der Waals surface area contributed by atoms with Crippen LogP contribution in [-0.4, -0.2) is 36.8 Å². The summed E-state index contributed by atoms with van der Waals surface area (Å²) < 4.78 is 18.9. The van der Waals surface area contributed by atoms with Gasteiger partial charge < -0.3 is 15.4 Å². The van der Waals surface area contributed by atoms with Crippen molar-refractivity contribution in [1.82, 2.24) is 4.90 Å². The third-order valence-corrected chi connectivity index (χ3v) is 3.44. The van der Waals surface area contributed by atoms with Gasteiger partial charge in [0.25, 0.3) is 0 Å². The van der Waals surface area contributed by atoms with Crippen LogP contribution in [0.1, 0.15) is 12.0 Å². The molecule has 2 atom stereocenters. The van der Waals surface area contributed by atoms with Gasteiger partial charge in [0.15, 0.2) is 0 Å². The summed E-state index contributed by atoms with van der Waals surface area (Å²) in [7, 11) is 0. The minimum absolute atomic E-state index is 0. The van der Waals surface area contributed by atoms with Gasteiger partial charge in [0.05, 0.1) is 6.54 Å². The molecule has 4 nitrogen and oxygen atoms in total. The van der Waals surface area contributed by atoms with Crippen LogP contribution in [0.4, 0.5) is 9.18 Å². The zero-order valence-corrected chi connectivity index (χ0v) is 12.0. The van der Waals surface area contributed by atoms with Crippen molar-refractivity contribution in [1.29, 1.82) is 0 Å². The van der Waals surface area contributed by atoms with Crippen molar-refractivity contribution in [3.8, 4) is 0 Å². The molecule has 1 fully saturated rings. The van der Waals surface area contributed by atoms with Gasteiger partial charge in [-0.25, -0.2) is 9.18 Å². The Morgan fingerprint density at radius 1 is 1.40 bits per heavy atom. The molecule has 1 amide bonds. The molecule has 0 bridgehead atoms. The zero-order chi connectivity index (χ0) is 13.7. The highest BCUT2D eigenvalue weighted by Crippen LogP contribution is 2.20. The van der Waals surface area contributed by atoms with Gasteiger partial charge in [0.2, 0.25) is 0 Å². The molecule has 112 valence electrons. The molecule has 1 aromatic carbocycles. The lowest BCUT2D eigenvalue weighted by Crippen LogP contribution is -2.46. The maximum absolute atomic E-state index is 13.7. The van der Waals surface area contributed by atoms with E-state index in [1.807, 2.05) is 30.3 Å². The first-order chi connectivity index (χ1) is 9.20. The van der Waals surface area contributed by atoms with Gasteiger partial charge in [-0.1, -0.05) is 30.3 Å². The number of carbonyl (C=O) groups is 1. The molecule has 6 heteroatoms. The molecule has 2 rings (SSSR count). The number of hydrogen-bond acceptors (Lipinski definition) is 3. The molecule has 0 spiro atoms. The second kappa shape index (κ2) is 8.07. The van der Waals surface area contributed by atoms with Gasteiger partial charge in [-0.3, -0.25) is 0 Å². The molecular formula is C14H20ClFN2O2.